The first-order valence-corrected chi connectivity index (χ1v) is 4.94. The van der Waals surface area contributed by atoms with Gasteiger partial charge in [-0.25, -0.2) is 5.01 Å². The maximum atomic E-state index is 9.18. The molecule has 4 N–H and O–H groups in total. The van der Waals surface area contributed by atoms with Crippen LogP contribution in [0.3, 0.4) is 0 Å². The highest BCUT2D eigenvalue weighted by Crippen LogP contribution is 1.92. The number of hydrogen-bond donors (Lipinski definition) is 4. The first-order chi connectivity index (χ1) is 6.41. The lowest BCUT2D eigenvalue weighted by molar-refractivity contribution is 0.0396. The number of aliphatic hydroxyl groups is 3. The maximum absolute atomic E-state index is 9.18. The predicted molar refractivity (Wildman–Crippen MR) is 54.6 cm³/mol. The molecule has 0 aliphatic carbocycles. The van der Waals surface area contributed by atoms with Crippen LogP contribution >= 0.6 is 0 Å². The van der Waals surface area contributed by atoms with Gasteiger partial charge in [0.05, 0.1) is 18.3 Å². The van der Waals surface area contributed by atoms with Gasteiger partial charge >= 0.3 is 0 Å². The largest absolute Gasteiger partial charge is 0.392 e. The zero-order valence-electron chi connectivity index (χ0n) is 9.14. The molecule has 86 valence electrons. The summed E-state index contributed by atoms with van der Waals surface area (Å²) in [4.78, 5) is 0. The molecule has 0 heterocycles. The lowest BCUT2D eigenvalue weighted by Crippen LogP contribution is -2.47. The molecule has 0 unspecified atom stereocenters. The van der Waals surface area contributed by atoms with Gasteiger partial charge in [0.1, 0.15) is 0 Å². The Balaban J connectivity index is 3.84. The van der Waals surface area contributed by atoms with Crippen molar-refractivity contribution in [2.75, 3.05) is 19.6 Å². The minimum absolute atomic E-state index is 0.416. The molecule has 0 aromatic rings. The molecule has 0 spiro atoms. The van der Waals surface area contributed by atoms with Gasteiger partial charge in [0.2, 0.25) is 0 Å². The van der Waals surface area contributed by atoms with E-state index in [4.69, 9.17) is 5.11 Å². The van der Waals surface area contributed by atoms with Crippen molar-refractivity contribution in [3.8, 4) is 0 Å². The molecule has 5 nitrogen and oxygen atoms in total. The van der Waals surface area contributed by atoms with E-state index in [1.54, 1.807) is 25.8 Å². The summed E-state index contributed by atoms with van der Waals surface area (Å²) in [6.07, 6.45) is -1.37. The van der Waals surface area contributed by atoms with Gasteiger partial charge in [0, 0.05) is 19.6 Å². The van der Waals surface area contributed by atoms with Crippen LogP contribution in [0.15, 0.2) is 0 Å². The molecule has 14 heavy (non-hydrogen) atoms. The van der Waals surface area contributed by atoms with Crippen molar-refractivity contribution < 1.29 is 15.3 Å². The third kappa shape index (κ3) is 8.40. The van der Waals surface area contributed by atoms with Gasteiger partial charge in [-0.05, 0) is 20.8 Å². The first-order valence-electron chi connectivity index (χ1n) is 4.94. The van der Waals surface area contributed by atoms with Crippen molar-refractivity contribution in [1.29, 1.82) is 0 Å². The van der Waals surface area contributed by atoms with Gasteiger partial charge in [-0.2, -0.15) is 0 Å². The van der Waals surface area contributed by atoms with E-state index in [0.717, 1.165) is 0 Å². The molecule has 0 aromatic heterocycles. The average molecular weight is 206 g/mol. The van der Waals surface area contributed by atoms with Crippen molar-refractivity contribution in [1.82, 2.24) is 10.4 Å². The summed E-state index contributed by atoms with van der Waals surface area (Å²) >= 11 is 0. The smallest absolute Gasteiger partial charge is 0.0653 e. The Morgan fingerprint density at radius 2 is 1.36 bits per heavy atom. The molecule has 0 aliphatic rings. The molecule has 0 radical (unpaired) electrons. The SMILES string of the molecule is C[C@H](O)CNN(C[C@H](C)O)C[C@@H](C)O. The Bertz CT molecular complexity index is 130. The van der Waals surface area contributed by atoms with Crippen molar-refractivity contribution in [2.45, 2.75) is 39.1 Å². The fourth-order valence-electron chi connectivity index (χ4n) is 1.10. The van der Waals surface area contributed by atoms with Crippen LogP contribution in [0.1, 0.15) is 20.8 Å². The zero-order chi connectivity index (χ0) is 11.1. The van der Waals surface area contributed by atoms with Crippen LogP contribution in [-0.4, -0.2) is 58.3 Å². The predicted octanol–water partition coefficient (Wildman–Crippen LogP) is -1.06. The minimum Gasteiger partial charge on any atom is -0.392 e. The topological polar surface area (TPSA) is 76.0 Å². The second kappa shape index (κ2) is 7.14. The Morgan fingerprint density at radius 1 is 0.929 bits per heavy atom. The van der Waals surface area contributed by atoms with E-state index in [0.29, 0.717) is 19.6 Å². The van der Waals surface area contributed by atoms with Crippen LogP contribution in [0.2, 0.25) is 0 Å². The van der Waals surface area contributed by atoms with E-state index >= 15 is 0 Å². The van der Waals surface area contributed by atoms with Gasteiger partial charge in [0.25, 0.3) is 0 Å². The number of nitrogens with one attached hydrogen (secondary N) is 1. The highest BCUT2D eigenvalue weighted by molar-refractivity contribution is 4.61. The second-order valence-corrected chi connectivity index (χ2v) is 3.81. The first kappa shape index (κ1) is 13.8. The maximum Gasteiger partial charge on any atom is 0.0653 e. The second-order valence-electron chi connectivity index (χ2n) is 3.81. The summed E-state index contributed by atoms with van der Waals surface area (Å²) in [6.45, 7) is 6.31. The summed E-state index contributed by atoms with van der Waals surface area (Å²) in [6, 6.07) is 0. The summed E-state index contributed by atoms with van der Waals surface area (Å²) in [5, 5.41) is 29.1. The molecule has 0 saturated heterocycles. The van der Waals surface area contributed by atoms with Crippen molar-refractivity contribution >= 4 is 0 Å². The molecule has 3 atom stereocenters. The summed E-state index contributed by atoms with van der Waals surface area (Å²) in [5.41, 5.74) is 2.95. The molecule has 0 saturated carbocycles. The molecule has 0 fully saturated rings. The highest BCUT2D eigenvalue weighted by atomic mass is 16.3. The Kier molecular flexibility index (Phi) is 7.04. The quantitative estimate of drug-likeness (QED) is 0.399. The van der Waals surface area contributed by atoms with E-state index in [9.17, 15) is 10.2 Å². The monoisotopic (exact) mass is 206 g/mol. The molecule has 0 aliphatic heterocycles. The molecule has 0 rings (SSSR count). The number of nitrogens with zero attached hydrogens (tertiary/aromatic N) is 1. The van der Waals surface area contributed by atoms with Crippen molar-refractivity contribution in [2.24, 2.45) is 0 Å². The van der Waals surface area contributed by atoms with E-state index < -0.39 is 18.3 Å². The number of hydrogen-bond acceptors (Lipinski definition) is 5. The van der Waals surface area contributed by atoms with Crippen molar-refractivity contribution in [3.05, 3.63) is 0 Å². The lowest BCUT2D eigenvalue weighted by Gasteiger charge is -2.26. The van der Waals surface area contributed by atoms with Gasteiger partial charge in [0.15, 0.2) is 0 Å². The van der Waals surface area contributed by atoms with Crippen LogP contribution in [-0.2, 0) is 0 Å². The highest BCUT2D eigenvalue weighted by Gasteiger charge is 2.10. The molecule has 0 aromatic carbocycles. The number of rotatable bonds is 7. The normalized spacial score (nSPS) is 18.2. The summed E-state index contributed by atoms with van der Waals surface area (Å²) in [5.74, 6) is 0. The van der Waals surface area contributed by atoms with E-state index in [1.165, 1.54) is 0 Å². The Hall–Kier alpha value is -0.200. The summed E-state index contributed by atoms with van der Waals surface area (Å²) in [7, 11) is 0. The molecular formula is C9H22N2O3. The van der Waals surface area contributed by atoms with Crippen LogP contribution in [0.5, 0.6) is 0 Å². The molecular weight excluding hydrogens is 184 g/mol. The molecule has 0 bridgehead atoms. The van der Waals surface area contributed by atoms with Crippen LogP contribution in [0, 0.1) is 0 Å². The standard InChI is InChI=1S/C9H22N2O3/c1-7(12)4-10-11(5-8(2)13)6-9(3)14/h7-10,12-14H,4-6H2,1-3H3/t7-,8-,9+/m0/s1. The summed E-state index contributed by atoms with van der Waals surface area (Å²) < 4.78 is 0. The molecule has 0 amide bonds. The molecule has 5 heteroatoms. The Labute approximate surface area is 85.3 Å². The van der Waals surface area contributed by atoms with Gasteiger partial charge in [-0.3, -0.25) is 5.43 Å². The van der Waals surface area contributed by atoms with Gasteiger partial charge in [-0.15, -0.1) is 0 Å². The van der Waals surface area contributed by atoms with Gasteiger partial charge < -0.3 is 15.3 Å². The zero-order valence-corrected chi connectivity index (χ0v) is 9.14. The van der Waals surface area contributed by atoms with Crippen LogP contribution in [0.4, 0.5) is 0 Å². The fourth-order valence-corrected chi connectivity index (χ4v) is 1.10. The van der Waals surface area contributed by atoms with Crippen LogP contribution < -0.4 is 5.43 Å². The van der Waals surface area contributed by atoms with E-state index in [2.05, 4.69) is 5.43 Å². The lowest BCUT2D eigenvalue weighted by atomic mass is 10.3. The van der Waals surface area contributed by atoms with Gasteiger partial charge in [-0.1, -0.05) is 0 Å². The third-order valence-corrected chi connectivity index (χ3v) is 1.58. The van der Waals surface area contributed by atoms with Crippen LogP contribution in [0.25, 0.3) is 0 Å². The van der Waals surface area contributed by atoms with Crippen molar-refractivity contribution in [3.63, 3.8) is 0 Å². The fraction of sp³-hybridized carbons (Fsp3) is 1.00. The average Bonchev–Trinajstić information content (AvgIpc) is 1.97. The number of aliphatic hydroxyl groups excluding tert-OH is 3. The van der Waals surface area contributed by atoms with E-state index in [1.807, 2.05) is 0 Å². The number of hydrazine groups is 1. The third-order valence-electron chi connectivity index (χ3n) is 1.58. The minimum atomic E-state index is -0.463. The van der Waals surface area contributed by atoms with E-state index in [-0.39, 0.29) is 0 Å². The Morgan fingerprint density at radius 3 is 1.64 bits per heavy atom.